The highest BCUT2D eigenvalue weighted by Gasteiger charge is 2.15. The van der Waals surface area contributed by atoms with Gasteiger partial charge in [0.15, 0.2) is 5.78 Å². The molecule has 0 unspecified atom stereocenters. The third-order valence-corrected chi connectivity index (χ3v) is 2.64. The SMILES string of the molecule is CN(C)c1ccc(C(=O)c2cc(F)ccc2F)cn1. The summed E-state index contributed by atoms with van der Waals surface area (Å²) in [5.41, 5.74) is -0.0745. The molecule has 0 spiro atoms. The molecule has 19 heavy (non-hydrogen) atoms. The fraction of sp³-hybridized carbons (Fsp3) is 0.143. The zero-order valence-electron chi connectivity index (χ0n) is 10.5. The Balaban J connectivity index is 2.36. The summed E-state index contributed by atoms with van der Waals surface area (Å²) in [5, 5.41) is 0. The first-order chi connectivity index (χ1) is 8.99. The van der Waals surface area contributed by atoms with Gasteiger partial charge in [0.1, 0.15) is 17.5 Å². The molecule has 5 heteroatoms. The Bertz CT molecular complexity index is 609. The van der Waals surface area contributed by atoms with Gasteiger partial charge < -0.3 is 4.90 Å². The van der Waals surface area contributed by atoms with Crippen LogP contribution in [0.5, 0.6) is 0 Å². The molecular weight excluding hydrogens is 250 g/mol. The molecule has 3 nitrogen and oxygen atoms in total. The molecule has 0 amide bonds. The number of hydrogen-bond donors (Lipinski definition) is 0. The van der Waals surface area contributed by atoms with Crippen LogP contribution in [-0.4, -0.2) is 24.9 Å². The summed E-state index contributed by atoms with van der Waals surface area (Å²) < 4.78 is 26.5. The van der Waals surface area contributed by atoms with Crippen LogP contribution in [0.25, 0.3) is 0 Å². The first kappa shape index (κ1) is 13.1. The zero-order valence-corrected chi connectivity index (χ0v) is 10.5. The summed E-state index contributed by atoms with van der Waals surface area (Å²) in [6.07, 6.45) is 1.35. The molecule has 0 fully saturated rings. The van der Waals surface area contributed by atoms with Crippen LogP contribution in [0.4, 0.5) is 14.6 Å². The third kappa shape index (κ3) is 2.76. The Kier molecular flexibility index (Phi) is 3.55. The maximum absolute atomic E-state index is 13.5. The molecule has 1 heterocycles. The quantitative estimate of drug-likeness (QED) is 0.797. The molecule has 98 valence electrons. The van der Waals surface area contributed by atoms with Crippen molar-refractivity contribution < 1.29 is 13.6 Å². The summed E-state index contributed by atoms with van der Waals surface area (Å²) in [4.78, 5) is 17.9. The molecule has 0 saturated heterocycles. The molecular formula is C14H12F2N2O. The minimum atomic E-state index is -0.747. The number of aromatic nitrogens is 1. The van der Waals surface area contributed by atoms with Crippen molar-refractivity contribution >= 4 is 11.6 Å². The van der Waals surface area contributed by atoms with Crippen LogP contribution in [0.15, 0.2) is 36.5 Å². The lowest BCUT2D eigenvalue weighted by atomic mass is 10.0. The average Bonchev–Trinajstić information content (AvgIpc) is 2.41. The summed E-state index contributed by atoms with van der Waals surface area (Å²) in [6, 6.07) is 5.97. The molecule has 1 aromatic carbocycles. The van der Waals surface area contributed by atoms with Gasteiger partial charge in [-0.05, 0) is 30.3 Å². The van der Waals surface area contributed by atoms with Crippen molar-refractivity contribution in [2.45, 2.75) is 0 Å². The van der Waals surface area contributed by atoms with Gasteiger partial charge in [0.2, 0.25) is 0 Å². The number of carbonyl (C=O) groups excluding carboxylic acids is 1. The van der Waals surface area contributed by atoms with Gasteiger partial charge in [-0.1, -0.05) is 0 Å². The van der Waals surface area contributed by atoms with Crippen LogP contribution in [0.3, 0.4) is 0 Å². The van der Waals surface area contributed by atoms with Gasteiger partial charge in [-0.2, -0.15) is 0 Å². The van der Waals surface area contributed by atoms with E-state index in [4.69, 9.17) is 0 Å². The molecule has 2 aromatic rings. The number of hydrogen-bond acceptors (Lipinski definition) is 3. The maximum Gasteiger partial charge on any atom is 0.197 e. The molecule has 0 aliphatic carbocycles. The van der Waals surface area contributed by atoms with Crippen molar-refractivity contribution in [3.8, 4) is 0 Å². The number of carbonyl (C=O) groups is 1. The molecule has 0 atom stereocenters. The molecule has 1 aromatic heterocycles. The minimum Gasteiger partial charge on any atom is -0.363 e. The van der Waals surface area contributed by atoms with E-state index in [2.05, 4.69) is 4.98 Å². The Morgan fingerprint density at radius 2 is 1.89 bits per heavy atom. The summed E-state index contributed by atoms with van der Waals surface area (Å²) in [7, 11) is 3.63. The second-order valence-electron chi connectivity index (χ2n) is 4.25. The number of pyridine rings is 1. The van der Waals surface area contributed by atoms with Crippen molar-refractivity contribution in [3.63, 3.8) is 0 Å². The van der Waals surface area contributed by atoms with E-state index in [0.717, 1.165) is 18.2 Å². The number of anilines is 1. The summed E-state index contributed by atoms with van der Waals surface area (Å²) in [5.74, 6) is -1.31. The fourth-order valence-corrected chi connectivity index (χ4v) is 1.61. The van der Waals surface area contributed by atoms with Gasteiger partial charge in [-0.3, -0.25) is 4.79 Å². The summed E-state index contributed by atoms with van der Waals surface area (Å²) >= 11 is 0. The largest absolute Gasteiger partial charge is 0.363 e. The van der Waals surface area contributed by atoms with E-state index in [0.29, 0.717) is 5.82 Å². The van der Waals surface area contributed by atoms with Gasteiger partial charge in [0.05, 0.1) is 5.56 Å². The highest BCUT2D eigenvalue weighted by atomic mass is 19.1. The Hall–Kier alpha value is -2.30. The lowest BCUT2D eigenvalue weighted by Gasteiger charge is -2.11. The number of halogens is 2. The zero-order chi connectivity index (χ0) is 14.0. The van der Waals surface area contributed by atoms with Crippen LogP contribution in [-0.2, 0) is 0 Å². The molecule has 0 bridgehead atoms. The lowest BCUT2D eigenvalue weighted by molar-refractivity contribution is 0.103. The van der Waals surface area contributed by atoms with E-state index in [1.54, 1.807) is 11.0 Å². The van der Waals surface area contributed by atoms with Crippen molar-refractivity contribution in [1.29, 1.82) is 0 Å². The van der Waals surface area contributed by atoms with E-state index in [-0.39, 0.29) is 11.1 Å². The Morgan fingerprint density at radius 3 is 2.47 bits per heavy atom. The predicted octanol–water partition coefficient (Wildman–Crippen LogP) is 2.66. The van der Waals surface area contributed by atoms with Gasteiger partial charge >= 0.3 is 0 Å². The van der Waals surface area contributed by atoms with Crippen molar-refractivity contribution in [2.24, 2.45) is 0 Å². The first-order valence-corrected chi connectivity index (χ1v) is 5.62. The topological polar surface area (TPSA) is 33.2 Å². The fourth-order valence-electron chi connectivity index (χ4n) is 1.61. The Labute approximate surface area is 109 Å². The summed E-state index contributed by atoms with van der Waals surface area (Å²) in [6.45, 7) is 0. The second-order valence-corrected chi connectivity index (χ2v) is 4.25. The van der Waals surface area contributed by atoms with Crippen LogP contribution in [0, 0.1) is 11.6 Å². The van der Waals surface area contributed by atoms with Crippen LogP contribution < -0.4 is 4.90 Å². The monoisotopic (exact) mass is 262 g/mol. The molecule has 0 aliphatic heterocycles. The number of ketones is 1. The minimum absolute atomic E-state index is 0.218. The number of rotatable bonds is 3. The van der Waals surface area contributed by atoms with Crippen molar-refractivity contribution in [1.82, 2.24) is 4.98 Å². The molecule has 0 N–H and O–H groups in total. The van der Waals surface area contributed by atoms with E-state index >= 15 is 0 Å². The van der Waals surface area contributed by atoms with E-state index in [1.165, 1.54) is 12.3 Å². The van der Waals surface area contributed by atoms with Gasteiger partial charge in [0.25, 0.3) is 0 Å². The van der Waals surface area contributed by atoms with Crippen molar-refractivity contribution in [2.75, 3.05) is 19.0 Å². The van der Waals surface area contributed by atoms with Crippen LogP contribution >= 0.6 is 0 Å². The van der Waals surface area contributed by atoms with Crippen LogP contribution in [0.1, 0.15) is 15.9 Å². The smallest absolute Gasteiger partial charge is 0.197 e. The van der Waals surface area contributed by atoms with Gasteiger partial charge in [-0.25, -0.2) is 13.8 Å². The lowest BCUT2D eigenvalue weighted by Crippen LogP contribution is -2.11. The molecule has 2 rings (SSSR count). The normalized spacial score (nSPS) is 10.3. The molecule has 0 aliphatic rings. The second kappa shape index (κ2) is 5.14. The van der Waals surface area contributed by atoms with Gasteiger partial charge in [0, 0.05) is 25.9 Å². The third-order valence-electron chi connectivity index (χ3n) is 2.64. The highest BCUT2D eigenvalue weighted by molar-refractivity contribution is 6.09. The maximum atomic E-state index is 13.5. The average molecular weight is 262 g/mol. The van der Waals surface area contributed by atoms with E-state index in [1.807, 2.05) is 14.1 Å². The Morgan fingerprint density at radius 1 is 1.16 bits per heavy atom. The standard InChI is InChI=1S/C14H12F2N2O/c1-18(2)13-6-3-9(8-17-13)14(19)11-7-10(15)4-5-12(11)16/h3-8H,1-2H3. The number of nitrogens with zero attached hydrogens (tertiary/aromatic N) is 2. The number of benzene rings is 1. The van der Waals surface area contributed by atoms with E-state index in [9.17, 15) is 13.6 Å². The predicted molar refractivity (Wildman–Crippen MR) is 68.4 cm³/mol. The first-order valence-electron chi connectivity index (χ1n) is 5.62. The van der Waals surface area contributed by atoms with Gasteiger partial charge in [-0.15, -0.1) is 0 Å². The van der Waals surface area contributed by atoms with Crippen molar-refractivity contribution in [3.05, 3.63) is 59.3 Å². The highest BCUT2D eigenvalue weighted by Crippen LogP contribution is 2.16. The van der Waals surface area contributed by atoms with E-state index < -0.39 is 17.4 Å². The molecule has 0 radical (unpaired) electrons. The van der Waals surface area contributed by atoms with Crippen LogP contribution in [0.2, 0.25) is 0 Å². The molecule has 0 saturated carbocycles.